The summed E-state index contributed by atoms with van der Waals surface area (Å²) in [6.45, 7) is 6.84. The van der Waals surface area contributed by atoms with Crippen molar-refractivity contribution in [3.05, 3.63) is 34.9 Å². The van der Waals surface area contributed by atoms with Crippen molar-refractivity contribution in [3.63, 3.8) is 0 Å². The second-order valence-electron chi connectivity index (χ2n) is 4.69. The fourth-order valence-electron chi connectivity index (χ4n) is 1.81. The zero-order valence-electron chi connectivity index (χ0n) is 10.1. The fourth-order valence-corrected chi connectivity index (χ4v) is 1.81. The Morgan fingerprint density at radius 2 is 2.00 bits per heavy atom. The number of nitrogens with two attached hydrogens (primary N) is 1. The summed E-state index contributed by atoms with van der Waals surface area (Å²) in [6.07, 6.45) is 0.856. The molecule has 15 heavy (non-hydrogen) atoms. The van der Waals surface area contributed by atoms with E-state index in [9.17, 15) is 0 Å². The van der Waals surface area contributed by atoms with Crippen molar-refractivity contribution in [2.75, 3.05) is 13.7 Å². The number of methoxy groups -OCH3 is 1. The molecule has 1 aromatic rings. The van der Waals surface area contributed by atoms with Crippen LogP contribution in [0.15, 0.2) is 18.2 Å². The van der Waals surface area contributed by atoms with Gasteiger partial charge in [-0.25, -0.2) is 0 Å². The van der Waals surface area contributed by atoms with Gasteiger partial charge in [0.25, 0.3) is 0 Å². The van der Waals surface area contributed by atoms with E-state index in [1.165, 1.54) is 16.7 Å². The van der Waals surface area contributed by atoms with Crippen molar-refractivity contribution in [3.8, 4) is 0 Å². The first-order valence-electron chi connectivity index (χ1n) is 5.28. The van der Waals surface area contributed by atoms with Gasteiger partial charge in [-0.15, -0.1) is 0 Å². The number of benzene rings is 1. The van der Waals surface area contributed by atoms with Crippen LogP contribution in [0.2, 0.25) is 0 Å². The molecule has 0 saturated carbocycles. The van der Waals surface area contributed by atoms with Crippen molar-refractivity contribution >= 4 is 0 Å². The first-order valence-corrected chi connectivity index (χ1v) is 5.28. The van der Waals surface area contributed by atoms with Crippen LogP contribution in [0.25, 0.3) is 0 Å². The van der Waals surface area contributed by atoms with Gasteiger partial charge in [-0.2, -0.15) is 0 Å². The van der Waals surface area contributed by atoms with Crippen molar-refractivity contribution in [2.24, 2.45) is 5.73 Å². The molecule has 1 aromatic carbocycles. The SMILES string of the molecule is COCC(C)(N)Cc1cc(C)ccc1C. The van der Waals surface area contributed by atoms with Gasteiger partial charge in [0.05, 0.1) is 6.61 Å². The molecular formula is C13H21NO. The Morgan fingerprint density at radius 3 is 2.60 bits per heavy atom. The summed E-state index contributed by atoms with van der Waals surface area (Å²) < 4.78 is 5.12. The van der Waals surface area contributed by atoms with Gasteiger partial charge < -0.3 is 10.5 Å². The maximum absolute atomic E-state index is 6.15. The minimum atomic E-state index is -0.284. The molecule has 0 fully saturated rings. The lowest BCUT2D eigenvalue weighted by molar-refractivity contribution is 0.141. The monoisotopic (exact) mass is 207 g/mol. The number of aryl methyl sites for hydroxylation is 2. The first kappa shape index (κ1) is 12.2. The maximum atomic E-state index is 6.15. The molecule has 1 rings (SSSR count). The lowest BCUT2D eigenvalue weighted by atomic mass is 9.91. The largest absolute Gasteiger partial charge is 0.383 e. The molecule has 2 N–H and O–H groups in total. The zero-order chi connectivity index (χ0) is 11.5. The van der Waals surface area contributed by atoms with Gasteiger partial charge in [-0.3, -0.25) is 0 Å². The highest BCUT2D eigenvalue weighted by atomic mass is 16.5. The van der Waals surface area contributed by atoms with Crippen molar-refractivity contribution in [1.29, 1.82) is 0 Å². The fraction of sp³-hybridized carbons (Fsp3) is 0.538. The molecule has 0 amide bonds. The van der Waals surface area contributed by atoms with Crippen molar-refractivity contribution in [2.45, 2.75) is 32.7 Å². The molecule has 0 heterocycles. The van der Waals surface area contributed by atoms with Gasteiger partial charge in [0.1, 0.15) is 0 Å². The molecule has 0 aliphatic carbocycles. The predicted octanol–water partition coefficient (Wildman–Crippen LogP) is 2.21. The minimum Gasteiger partial charge on any atom is -0.383 e. The van der Waals surface area contributed by atoms with Gasteiger partial charge in [0, 0.05) is 12.6 Å². The molecule has 0 bridgehead atoms. The van der Waals surface area contributed by atoms with E-state index in [2.05, 4.69) is 32.0 Å². The van der Waals surface area contributed by atoms with Gasteiger partial charge in [0.2, 0.25) is 0 Å². The van der Waals surface area contributed by atoms with E-state index in [1.807, 2.05) is 6.92 Å². The summed E-state index contributed by atoms with van der Waals surface area (Å²) in [5, 5.41) is 0. The molecule has 0 saturated heterocycles. The smallest absolute Gasteiger partial charge is 0.0642 e. The standard InChI is InChI=1S/C13H21NO/c1-10-5-6-11(2)12(7-10)8-13(3,14)9-15-4/h5-7H,8-9,14H2,1-4H3. The highest BCUT2D eigenvalue weighted by Crippen LogP contribution is 2.16. The first-order chi connectivity index (χ1) is 6.94. The van der Waals surface area contributed by atoms with Crippen LogP contribution in [0, 0.1) is 13.8 Å². The minimum absolute atomic E-state index is 0.284. The molecule has 84 valence electrons. The van der Waals surface area contributed by atoms with Crippen LogP contribution in [0.1, 0.15) is 23.6 Å². The van der Waals surface area contributed by atoms with E-state index in [1.54, 1.807) is 7.11 Å². The van der Waals surface area contributed by atoms with Gasteiger partial charge in [-0.05, 0) is 38.3 Å². The number of hydrogen-bond acceptors (Lipinski definition) is 2. The highest BCUT2D eigenvalue weighted by molar-refractivity contribution is 5.31. The molecule has 2 nitrogen and oxygen atoms in total. The second-order valence-corrected chi connectivity index (χ2v) is 4.69. The van der Waals surface area contributed by atoms with Crippen LogP contribution in [-0.4, -0.2) is 19.3 Å². The van der Waals surface area contributed by atoms with Gasteiger partial charge in [-0.1, -0.05) is 23.8 Å². The Hall–Kier alpha value is -0.860. The summed E-state index contributed by atoms with van der Waals surface area (Å²) >= 11 is 0. The molecule has 1 atom stereocenters. The summed E-state index contributed by atoms with van der Waals surface area (Å²) in [6, 6.07) is 6.48. The summed E-state index contributed by atoms with van der Waals surface area (Å²) in [7, 11) is 1.69. The predicted molar refractivity (Wildman–Crippen MR) is 64.1 cm³/mol. The molecule has 2 heteroatoms. The van der Waals surface area contributed by atoms with E-state index < -0.39 is 0 Å². The third kappa shape index (κ3) is 3.65. The normalized spacial score (nSPS) is 15.0. The van der Waals surface area contributed by atoms with Gasteiger partial charge >= 0.3 is 0 Å². The van der Waals surface area contributed by atoms with Crippen LogP contribution in [0.4, 0.5) is 0 Å². The average Bonchev–Trinajstić information content (AvgIpc) is 2.10. The number of rotatable bonds is 4. The van der Waals surface area contributed by atoms with Gasteiger partial charge in [0.15, 0.2) is 0 Å². The number of hydrogen-bond donors (Lipinski definition) is 1. The third-order valence-electron chi connectivity index (χ3n) is 2.57. The molecular weight excluding hydrogens is 186 g/mol. The average molecular weight is 207 g/mol. The quantitative estimate of drug-likeness (QED) is 0.821. The van der Waals surface area contributed by atoms with Crippen molar-refractivity contribution in [1.82, 2.24) is 0 Å². The molecule has 0 radical (unpaired) electrons. The third-order valence-corrected chi connectivity index (χ3v) is 2.57. The van der Waals surface area contributed by atoms with Crippen LogP contribution < -0.4 is 5.73 Å². The van der Waals surface area contributed by atoms with E-state index in [-0.39, 0.29) is 5.54 Å². The lowest BCUT2D eigenvalue weighted by Gasteiger charge is -2.24. The van der Waals surface area contributed by atoms with E-state index in [0.717, 1.165) is 6.42 Å². The molecule has 1 unspecified atom stereocenters. The van der Waals surface area contributed by atoms with E-state index in [4.69, 9.17) is 10.5 Å². The van der Waals surface area contributed by atoms with Crippen LogP contribution in [0.3, 0.4) is 0 Å². The maximum Gasteiger partial charge on any atom is 0.0642 e. The molecule has 0 spiro atoms. The Labute approximate surface area is 92.4 Å². The lowest BCUT2D eigenvalue weighted by Crippen LogP contribution is -2.43. The van der Waals surface area contributed by atoms with Crippen LogP contribution in [0.5, 0.6) is 0 Å². The van der Waals surface area contributed by atoms with E-state index >= 15 is 0 Å². The van der Waals surface area contributed by atoms with Crippen LogP contribution >= 0.6 is 0 Å². The van der Waals surface area contributed by atoms with Crippen molar-refractivity contribution < 1.29 is 4.74 Å². The Balaban J connectivity index is 2.83. The second kappa shape index (κ2) is 4.77. The Morgan fingerprint density at radius 1 is 1.33 bits per heavy atom. The highest BCUT2D eigenvalue weighted by Gasteiger charge is 2.19. The zero-order valence-corrected chi connectivity index (χ0v) is 10.1. The Kier molecular flexibility index (Phi) is 3.89. The Bertz CT molecular complexity index is 331. The van der Waals surface area contributed by atoms with Crippen LogP contribution in [-0.2, 0) is 11.2 Å². The topological polar surface area (TPSA) is 35.2 Å². The number of ether oxygens (including phenoxy) is 1. The molecule has 0 aliphatic rings. The van der Waals surface area contributed by atoms with E-state index in [0.29, 0.717) is 6.61 Å². The summed E-state index contributed by atoms with van der Waals surface area (Å²) in [4.78, 5) is 0. The summed E-state index contributed by atoms with van der Waals surface area (Å²) in [5.74, 6) is 0. The molecule has 0 aromatic heterocycles. The molecule has 0 aliphatic heterocycles. The summed E-state index contributed by atoms with van der Waals surface area (Å²) in [5.41, 5.74) is 9.77.